The summed E-state index contributed by atoms with van der Waals surface area (Å²) in [6.07, 6.45) is 3.50. The number of benzene rings is 1. The van der Waals surface area contributed by atoms with Crippen molar-refractivity contribution in [2.24, 2.45) is 11.8 Å². The van der Waals surface area contributed by atoms with E-state index < -0.39 is 5.97 Å². The number of nitrogens with zero attached hydrogens (tertiary/aromatic N) is 1. The van der Waals surface area contributed by atoms with Crippen LogP contribution in [0.1, 0.15) is 25.8 Å². The lowest BCUT2D eigenvalue weighted by Crippen LogP contribution is -2.39. The number of carboxylic acid groups (broad SMARTS) is 1. The minimum Gasteiger partial charge on any atom is -0.478 e. The Labute approximate surface area is 118 Å². The van der Waals surface area contributed by atoms with Crippen molar-refractivity contribution < 1.29 is 14.3 Å². The van der Waals surface area contributed by atoms with E-state index in [1.807, 2.05) is 6.07 Å². The van der Waals surface area contributed by atoms with E-state index in [-0.39, 0.29) is 5.82 Å². The summed E-state index contributed by atoms with van der Waals surface area (Å²) in [5, 5.41) is 8.73. The van der Waals surface area contributed by atoms with Crippen molar-refractivity contribution in [3.05, 3.63) is 35.7 Å². The predicted octanol–water partition coefficient (Wildman–Crippen LogP) is 3.41. The summed E-state index contributed by atoms with van der Waals surface area (Å²) >= 11 is 0. The van der Waals surface area contributed by atoms with Crippen LogP contribution in [-0.4, -0.2) is 24.2 Å². The third kappa shape index (κ3) is 3.38. The van der Waals surface area contributed by atoms with Gasteiger partial charge in [0.1, 0.15) is 5.82 Å². The molecule has 1 N–H and O–H groups in total. The molecule has 3 nitrogen and oxygen atoms in total. The summed E-state index contributed by atoms with van der Waals surface area (Å²) in [5.41, 5.74) is 1.14. The molecule has 0 aliphatic carbocycles. The van der Waals surface area contributed by atoms with E-state index >= 15 is 0 Å². The molecule has 20 heavy (non-hydrogen) atoms. The van der Waals surface area contributed by atoms with Gasteiger partial charge < -0.3 is 10.0 Å². The maximum Gasteiger partial charge on any atom is 0.328 e. The van der Waals surface area contributed by atoms with Crippen molar-refractivity contribution in [1.29, 1.82) is 0 Å². The van der Waals surface area contributed by atoms with Gasteiger partial charge in [0.2, 0.25) is 0 Å². The second-order valence-electron chi connectivity index (χ2n) is 5.70. The third-order valence-corrected chi connectivity index (χ3v) is 3.63. The maximum absolute atomic E-state index is 14.0. The van der Waals surface area contributed by atoms with Gasteiger partial charge in [0.15, 0.2) is 0 Å². The highest BCUT2D eigenvalue weighted by atomic mass is 19.1. The number of carbonyl (C=O) groups is 1. The second kappa shape index (κ2) is 6.07. The first-order valence-electron chi connectivity index (χ1n) is 6.92. The molecule has 1 saturated heterocycles. The summed E-state index contributed by atoms with van der Waals surface area (Å²) in [7, 11) is 0. The molecular formula is C16H20FNO2. The lowest BCUT2D eigenvalue weighted by Gasteiger charge is -2.37. The Bertz CT molecular complexity index is 517. The van der Waals surface area contributed by atoms with Crippen molar-refractivity contribution in [3.8, 4) is 0 Å². The fourth-order valence-corrected chi connectivity index (χ4v) is 2.98. The molecule has 0 radical (unpaired) electrons. The van der Waals surface area contributed by atoms with Crippen molar-refractivity contribution in [1.82, 2.24) is 0 Å². The van der Waals surface area contributed by atoms with Gasteiger partial charge in [-0.3, -0.25) is 0 Å². The van der Waals surface area contributed by atoms with Crippen molar-refractivity contribution >= 4 is 17.7 Å². The van der Waals surface area contributed by atoms with Gasteiger partial charge in [0.25, 0.3) is 0 Å². The van der Waals surface area contributed by atoms with Crippen LogP contribution in [0, 0.1) is 17.7 Å². The molecule has 2 unspecified atom stereocenters. The number of hydrogen-bond acceptors (Lipinski definition) is 2. The summed E-state index contributed by atoms with van der Waals surface area (Å²) in [6.45, 7) is 6.13. The van der Waals surface area contributed by atoms with Crippen LogP contribution in [0.2, 0.25) is 0 Å². The zero-order chi connectivity index (χ0) is 14.7. The molecule has 0 aromatic heterocycles. The highest BCUT2D eigenvalue weighted by Crippen LogP contribution is 2.30. The topological polar surface area (TPSA) is 40.5 Å². The van der Waals surface area contributed by atoms with Crippen molar-refractivity contribution in [3.63, 3.8) is 0 Å². The molecule has 1 aromatic carbocycles. The quantitative estimate of drug-likeness (QED) is 0.861. The van der Waals surface area contributed by atoms with Gasteiger partial charge in [-0.05, 0) is 36.5 Å². The Morgan fingerprint density at radius 3 is 2.60 bits per heavy atom. The van der Waals surface area contributed by atoms with E-state index in [0.29, 0.717) is 17.4 Å². The van der Waals surface area contributed by atoms with Gasteiger partial charge in [-0.15, -0.1) is 0 Å². The van der Waals surface area contributed by atoms with E-state index in [2.05, 4.69) is 18.7 Å². The fourth-order valence-electron chi connectivity index (χ4n) is 2.98. The molecule has 0 spiro atoms. The van der Waals surface area contributed by atoms with Crippen LogP contribution < -0.4 is 4.90 Å². The second-order valence-corrected chi connectivity index (χ2v) is 5.70. The average Bonchev–Trinajstić information content (AvgIpc) is 2.35. The Morgan fingerprint density at radius 2 is 2.00 bits per heavy atom. The number of anilines is 1. The van der Waals surface area contributed by atoms with E-state index in [0.717, 1.165) is 24.9 Å². The molecule has 1 aromatic rings. The van der Waals surface area contributed by atoms with Gasteiger partial charge in [-0.1, -0.05) is 19.9 Å². The van der Waals surface area contributed by atoms with E-state index in [1.54, 1.807) is 6.07 Å². The number of aliphatic carboxylic acids is 1. The van der Waals surface area contributed by atoms with Gasteiger partial charge >= 0.3 is 5.97 Å². The summed E-state index contributed by atoms with van der Waals surface area (Å²) in [6, 6.07) is 4.89. The number of hydrogen-bond donors (Lipinski definition) is 1. The van der Waals surface area contributed by atoms with Crippen LogP contribution in [0.3, 0.4) is 0 Å². The van der Waals surface area contributed by atoms with Crippen LogP contribution >= 0.6 is 0 Å². The Morgan fingerprint density at radius 1 is 1.35 bits per heavy atom. The highest BCUT2D eigenvalue weighted by Gasteiger charge is 2.23. The molecule has 2 atom stereocenters. The predicted molar refractivity (Wildman–Crippen MR) is 78.2 cm³/mol. The van der Waals surface area contributed by atoms with Crippen LogP contribution in [0.4, 0.5) is 10.1 Å². The first-order chi connectivity index (χ1) is 9.47. The molecule has 1 heterocycles. The molecule has 4 heteroatoms. The molecule has 0 amide bonds. The smallest absolute Gasteiger partial charge is 0.328 e. The third-order valence-electron chi connectivity index (χ3n) is 3.63. The fraction of sp³-hybridized carbons (Fsp3) is 0.438. The molecule has 2 rings (SSSR count). The molecule has 0 bridgehead atoms. The Hall–Kier alpha value is -1.84. The molecular weight excluding hydrogens is 257 g/mol. The maximum atomic E-state index is 14.0. The Kier molecular flexibility index (Phi) is 4.42. The molecule has 1 fully saturated rings. The SMILES string of the molecule is CC1CC(C)CN(c2cccc(F)c2/C=C/C(=O)O)C1. The minimum absolute atomic E-state index is 0.358. The zero-order valence-electron chi connectivity index (χ0n) is 11.8. The van der Waals surface area contributed by atoms with Gasteiger partial charge in [-0.25, -0.2) is 9.18 Å². The summed E-state index contributed by atoms with van der Waals surface area (Å²) in [5.74, 6) is -0.345. The molecule has 1 aliphatic heterocycles. The van der Waals surface area contributed by atoms with Gasteiger partial charge in [0.05, 0.1) is 0 Å². The average molecular weight is 277 g/mol. The first-order valence-corrected chi connectivity index (χ1v) is 6.92. The van der Waals surface area contributed by atoms with E-state index in [1.165, 1.54) is 18.6 Å². The minimum atomic E-state index is -1.07. The number of halogens is 1. The number of piperidine rings is 1. The van der Waals surface area contributed by atoms with Crippen LogP contribution in [-0.2, 0) is 4.79 Å². The Balaban J connectivity index is 2.35. The van der Waals surface area contributed by atoms with Gasteiger partial charge in [0, 0.05) is 30.4 Å². The van der Waals surface area contributed by atoms with E-state index in [4.69, 9.17) is 5.11 Å². The van der Waals surface area contributed by atoms with Crippen molar-refractivity contribution in [2.75, 3.05) is 18.0 Å². The summed E-state index contributed by atoms with van der Waals surface area (Å²) in [4.78, 5) is 12.8. The zero-order valence-corrected chi connectivity index (χ0v) is 11.8. The number of carboxylic acids is 1. The first kappa shape index (κ1) is 14.6. The summed E-state index contributed by atoms with van der Waals surface area (Å²) < 4.78 is 14.0. The van der Waals surface area contributed by atoms with Crippen molar-refractivity contribution in [2.45, 2.75) is 20.3 Å². The van der Waals surface area contributed by atoms with Gasteiger partial charge in [-0.2, -0.15) is 0 Å². The standard InChI is InChI=1S/C16H20FNO2/c1-11-8-12(2)10-18(9-11)15-5-3-4-14(17)13(15)6-7-16(19)20/h3-7,11-12H,8-10H2,1-2H3,(H,19,20)/b7-6+. The lowest BCUT2D eigenvalue weighted by atomic mass is 9.91. The van der Waals surface area contributed by atoms with Crippen LogP contribution in [0.25, 0.3) is 6.08 Å². The lowest BCUT2D eigenvalue weighted by molar-refractivity contribution is -0.131. The van der Waals surface area contributed by atoms with E-state index in [9.17, 15) is 9.18 Å². The van der Waals surface area contributed by atoms with Crippen LogP contribution in [0.5, 0.6) is 0 Å². The monoisotopic (exact) mass is 277 g/mol. The molecule has 108 valence electrons. The van der Waals surface area contributed by atoms with Crippen LogP contribution in [0.15, 0.2) is 24.3 Å². The highest BCUT2D eigenvalue weighted by molar-refractivity contribution is 5.87. The number of rotatable bonds is 3. The molecule has 0 saturated carbocycles. The molecule has 1 aliphatic rings. The normalized spacial score (nSPS) is 23.2. The largest absolute Gasteiger partial charge is 0.478 e.